The molecule has 0 aromatic heterocycles. The number of rotatable bonds is 9. The first-order valence-electron chi connectivity index (χ1n) is 9.42. The fourth-order valence-electron chi connectivity index (χ4n) is 2.47. The largest absolute Gasteiger partial charge is 0.378 e. The minimum absolute atomic E-state index is 0.00780. The number of nitrogens with one attached hydrogen (secondary N) is 1. The van der Waals surface area contributed by atoms with E-state index in [2.05, 4.69) is 10.3 Å². The molecule has 27 heavy (non-hydrogen) atoms. The van der Waals surface area contributed by atoms with E-state index in [9.17, 15) is 13.2 Å². The lowest BCUT2D eigenvalue weighted by molar-refractivity contribution is -0.125. The van der Waals surface area contributed by atoms with Crippen molar-refractivity contribution in [2.75, 3.05) is 51.6 Å². The summed E-state index contributed by atoms with van der Waals surface area (Å²) < 4.78 is 31.7. The predicted molar refractivity (Wildman–Crippen MR) is 107 cm³/mol. The van der Waals surface area contributed by atoms with Gasteiger partial charge in [0.2, 0.25) is 15.9 Å². The number of sulfonamides is 1. The molecule has 1 amide bonds. The van der Waals surface area contributed by atoms with Gasteiger partial charge in [0, 0.05) is 32.7 Å². The molecular weight excluding hydrogens is 370 g/mol. The summed E-state index contributed by atoms with van der Waals surface area (Å²) in [6.45, 7) is 12.3. The number of amides is 1. The van der Waals surface area contributed by atoms with E-state index in [1.165, 1.54) is 4.31 Å². The van der Waals surface area contributed by atoms with Crippen molar-refractivity contribution in [1.29, 1.82) is 0 Å². The molecule has 1 heterocycles. The number of guanidine groups is 1. The van der Waals surface area contributed by atoms with Gasteiger partial charge >= 0.3 is 0 Å². The maximum Gasteiger partial charge on any atom is 0.224 e. The number of aliphatic imine (C=N–C) groups is 1. The Balaban J connectivity index is 2.67. The van der Waals surface area contributed by atoms with Crippen molar-refractivity contribution < 1.29 is 17.9 Å². The summed E-state index contributed by atoms with van der Waals surface area (Å²) in [5.74, 6) is 0.264. The van der Waals surface area contributed by atoms with E-state index in [-0.39, 0.29) is 25.0 Å². The van der Waals surface area contributed by atoms with Gasteiger partial charge in [0.15, 0.2) is 5.96 Å². The normalized spacial score (nSPS) is 17.4. The fourth-order valence-corrected chi connectivity index (χ4v) is 3.76. The molecule has 0 aromatic rings. The maximum atomic E-state index is 12.4. The van der Waals surface area contributed by atoms with Crippen LogP contribution in [-0.4, -0.2) is 87.2 Å². The molecule has 158 valence electrons. The van der Waals surface area contributed by atoms with Crippen LogP contribution >= 0.6 is 0 Å². The summed E-state index contributed by atoms with van der Waals surface area (Å²) in [6, 6.07) is 0. The zero-order chi connectivity index (χ0) is 20.7. The quantitative estimate of drug-likeness (QED) is 0.406. The Morgan fingerprint density at radius 1 is 1.26 bits per heavy atom. The first-order chi connectivity index (χ1) is 12.5. The average molecular weight is 406 g/mol. The summed E-state index contributed by atoms with van der Waals surface area (Å²) >= 11 is 0. The monoisotopic (exact) mass is 405 g/mol. The number of nitrogens with two attached hydrogens (primary N) is 1. The predicted octanol–water partition coefficient (Wildman–Crippen LogP) is -0.164. The Labute approximate surface area is 163 Å². The molecule has 0 unspecified atom stereocenters. The Morgan fingerprint density at radius 2 is 1.85 bits per heavy atom. The lowest BCUT2D eigenvalue weighted by Gasteiger charge is -2.36. The molecule has 1 aliphatic rings. The van der Waals surface area contributed by atoms with E-state index in [0.29, 0.717) is 38.7 Å². The molecule has 9 nitrogen and oxygen atoms in total. The van der Waals surface area contributed by atoms with E-state index in [1.807, 2.05) is 25.7 Å². The second kappa shape index (κ2) is 10.2. The van der Waals surface area contributed by atoms with Crippen LogP contribution in [0.4, 0.5) is 0 Å². The average Bonchev–Trinajstić information content (AvgIpc) is 2.58. The van der Waals surface area contributed by atoms with Crippen LogP contribution in [0.25, 0.3) is 0 Å². The summed E-state index contributed by atoms with van der Waals surface area (Å²) in [5.41, 5.74) is 4.67. The Kier molecular flexibility index (Phi) is 8.97. The summed E-state index contributed by atoms with van der Waals surface area (Å²) in [7, 11) is -3.33. The van der Waals surface area contributed by atoms with Crippen molar-refractivity contribution >= 4 is 21.9 Å². The van der Waals surface area contributed by atoms with Crippen LogP contribution in [0.5, 0.6) is 0 Å². The Morgan fingerprint density at radius 3 is 2.33 bits per heavy atom. The van der Waals surface area contributed by atoms with Gasteiger partial charge in [-0.3, -0.25) is 9.79 Å². The molecule has 0 saturated carbocycles. The molecular formula is C17H35N5O4S. The van der Waals surface area contributed by atoms with Crippen molar-refractivity contribution in [3.8, 4) is 0 Å². The zero-order valence-corrected chi connectivity index (χ0v) is 18.0. The smallest absolute Gasteiger partial charge is 0.224 e. The third-order valence-electron chi connectivity index (χ3n) is 4.35. The minimum atomic E-state index is -3.33. The second-order valence-corrected chi connectivity index (χ2v) is 9.63. The molecule has 0 spiro atoms. The summed E-state index contributed by atoms with van der Waals surface area (Å²) in [5, 5.41) is 3.20. The highest BCUT2D eigenvalue weighted by atomic mass is 32.2. The van der Waals surface area contributed by atoms with Crippen molar-refractivity contribution in [3.63, 3.8) is 0 Å². The van der Waals surface area contributed by atoms with Crippen LogP contribution in [0, 0.1) is 5.41 Å². The van der Waals surface area contributed by atoms with Gasteiger partial charge in [-0.05, 0) is 34.6 Å². The van der Waals surface area contributed by atoms with E-state index < -0.39 is 21.3 Å². The van der Waals surface area contributed by atoms with E-state index >= 15 is 0 Å². The lowest BCUT2D eigenvalue weighted by atomic mass is 9.93. The number of carbonyl (C=O) groups is 1. The first kappa shape index (κ1) is 23.6. The van der Waals surface area contributed by atoms with Crippen molar-refractivity contribution in [2.45, 2.75) is 40.7 Å². The number of piperazine rings is 1. The van der Waals surface area contributed by atoms with Crippen molar-refractivity contribution in [2.24, 2.45) is 16.1 Å². The van der Waals surface area contributed by atoms with Gasteiger partial charge in [-0.25, -0.2) is 8.42 Å². The maximum absolute atomic E-state index is 12.4. The second-order valence-electron chi connectivity index (χ2n) is 7.54. The van der Waals surface area contributed by atoms with Crippen LogP contribution in [0.3, 0.4) is 0 Å². The highest BCUT2D eigenvalue weighted by molar-refractivity contribution is 7.89. The molecule has 0 atom stereocenters. The molecule has 0 bridgehead atoms. The van der Waals surface area contributed by atoms with Crippen molar-refractivity contribution in [3.05, 3.63) is 0 Å². The third kappa shape index (κ3) is 7.63. The van der Waals surface area contributed by atoms with E-state index in [1.54, 1.807) is 13.8 Å². The van der Waals surface area contributed by atoms with Crippen LogP contribution < -0.4 is 11.1 Å². The number of carbonyl (C=O) groups excluding carboxylic acids is 1. The van der Waals surface area contributed by atoms with Crippen LogP contribution in [0.1, 0.15) is 34.6 Å². The lowest BCUT2D eigenvalue weighted by Crippen LogP contribution is -2.54. The summed E-state index contributed by atoms with van der Waals surface area (Å²) in [6.07, 6.45) is 0.0144. The number of hydrogen-bond donors (Lipinski definition) is 2. The molecule has 0 radical (unpaired) electrons. The fraction of sp³-hybridized carbons (Fsp3) is 0.882. The van der Waals surface area contributed by atoms with Gasteiger partial charge < -0.3 is 20.7 Å². The number of hydrogen-bond acceptors (Lipinski definition) is 5. The zero-order valence-electron chi connectivity index (χ0n) is 17.2. The van der Waals surface area contributed by atoms with Gasteiger partial charge in [0.05, 0.1) is 30.4 Å². The highest BCUT2D eigenvalue weighted by Crippen LogP contribution is 2.15. The third-order valence-corrected chi connectivity index (χ3v) is 6.18. The molecule has 0 aliphatic carbocycles. The number of primary amides is 1. The van der Waals surface area contributed by atoms with Gasteiger partial charge in [-0.1, -0.05) is 0 Å². The van der Waals surface area contributed by atoms with E-state index in [4.69, 9.17) is 10.5 Å². The van der Waals surface area contributed by atoms with Crippen molar-refractivity contribution in [1.82, 2.24) is 14.5 Å². The topological polar surface area (TPSA) is 117 Å². The van der Waals surface area contributed by atoms with Crippen LogP contribution in [-0.2, 0) is 19.6 Å². The number of ether oxygens (including phenoxy) is 1. The van der Waals surface area contributed by atoms with Gasteiger partial charge in [0.25, 0.3) is 0 Å². The van der Waals surface area contributed by atoms with Gasteiger partial charge in [0.1, 0.15) is 0 Å². The van der Waals surface area contributed by atoms with Gasteiger partial charge in [-0.15, -0.1) is 0 Å². The molecule has 1 saturated heterocycles. The highest BCUT2D eigenvalue weighted by Gasteiger charge is 2.29. The van der Waals surface area contributed by atoms with E-state index in [0.717, 1.165) is 0 Å². The molecule has 1 fully saturated rings. The van der Waals surface area contributed by atoms with Crippen LogP contribution in [0.2, 0.25) is 0 Å². The molecule has 1 rings (SSSR count). The first-order valence-corrected chi connectivity index (χ1v) is 11.0. The van der Waals surface area contributed by atoms with Crippen LogP contribution in [0.15, 0.2) is 4.99 Å². The molecule has 3 N–H and O–H groups in total. The molecule has 10 heteroatoms. The number of nitrogens with zero attached hydrogens (tertiary/aromatic N) is 3. The minimum Gasteiger partial charge on any atom is -0.378 e. The SMILES string of the molecule is CCNC(=NCC(C)(C)C(N)=O)N1CCN(S(=O)(=O)CCOC(C)C)CC1. The Bertz CT molecular complexity index is 611. The molecule has 0 aromatic carbocycles. The summed E-state index contributed by atoms with van der Waals surface area (Å²) in [4.78, 5) is 18.0. The molecule has 1 aliphatic heterocycles. The Hall–Kier alpha value is -1.39. The van der Waals surface area contributed by atoms with Gasteiger partial charge in [-0.2, -0.15) is 4.31 Å². The standard InChI is InChI=1S/C17H35N5O4S/c1-6-19-16(20-13-17(4,5)15(18)23)21-7-9-22(10-8-21)27(24,25)12-11-26-14(2)3/h14H,6-13H2,1-5H3,(H2,18,23)(H,19,20).